The maximum Gasteiger partial charge on any atom is 0.224 e. The maximum atomic E-state index is 13.2. The van der Waals surface area contributed by atoms with E-state index in [-0.39, 0.29) is 23.7 Å². The van der Waals surface area contributed by atoms with Crippen LogP contribution in [-0.4, -0.2) is 37.0 Å². The Morgan fingerprint density at radius 2 is 1.72 bits per heavy atom. The minimum Gasteiger partial charge on any atom is -0.372 e. The molecule has 1 N–H and O–H groups in total. The van der Waals surface area contributed by atoms with Crippen LogP contribution in [-0.2, 0) is 11.3 Å². The van der Waals surface area contributed by atoms with Crippen LogP contribution < -0.4 is 10.2 Å². The highest BCUT2D eigenvalue weighted by molar-refractivity contribution is 5.79. The molecule has 2 atom stereocenters. The van der Waals surface area contributed by atoms with Gasteiger partial charge in [0.1, 0.15) is 5.82 Å². The van der Waals surface area contributed by atoms with Crippen molar-refractivity contribution in [2.24, 2.45) is 11.8 Å². The molecule has 0 aromatic heterocycles. The molecule has 0 bridgehead atoms. The molecular weight excluding hydrogens is 401 g/mol. The third-order valence-electron chi connectivity index (χ3n) is 7.10. The summed E-state index contributed by atoms with van der Waals surface area (Å²) in [7, 11) is 0. The number of nitrogens with zero attached hydrogens (tertiary/aromatic N) is 2. The second kappa shape index (κ2) is 10.5. The molecule has 2 aromatic rings. The molecule has 0 aliphatic carbocycles. The van der Waals surface area contributed by atoms with E-state index in [0.717, 1.165) is 62.6 Å². The van der Waals surface area contributed by atoms with Crippen molar-refractivity contribution >= 4 is 11.6 Å². The molecule has 2 aliphatic heterocycles. The molecule has 1 amide bonds. The summed E-state index contributed by atoms with van der Waals surface area (Å²) < 4.78 is 13.2. The molecule has 2 saturated heterocycles. The monoisotopic (exact) mass is 437 g/mol. The van der Waals surface area contributed by atoms with Gasteiger partial charge in [-0.15, -0.1) is 0 Å². The fourth-order valence-corrected chi connectivity index (χ4v) is 4.92. The first-order chi connectivity index (χ1) is 15.5. The smallest absolute Gasteiger partial charge is 0.224 e. The van der Waals surface area contributed by atoms with Gasteiger partial charge >= 0.3 is 0 Å². The predicted octanol–water partition coefficient (Wildman–Crippen LogP) is 5.15. The zero-order chi connectivity index (χ0) is 22.5. The molecule has 172 valence electrons. The van der Waals surface area contributed by atoms with Crippen molar-refractivity contribution in [2.45, 2.75) is 52.1 Å². The number of carbonyl (C=O) groups excluding carboxylic acids is 1. The van der Waals surface area contributed by atoms with Crippen LogP contribution in [0.4, 0.5) is 10.1 Å². The zero-order valence-corrected chi connectivity index (χ0v) is 19.4. The van der Waals surface area contributed by atoms with Gasteiger partial charge in [0.25, 0.3) is 0 Å². The highest BCUT2D eigenvalue weighted by atomic mass is 19.1. The third kappa shape index (κ3) is 5.89. The number of carbonyl (C=O) groups is 1. The largest absolute Gasteiger partial charge is 0.372 e. The first-order valence-electron chi connectivity index (χ1n) is 12.1. The fourth-order valence-electron chi connectivity index (χ4n) is 4.92. The van der Waals surface area contributed by atoms with E-state index in [1.54, 1.807) is 0 Å². The Morgan fingerprint density at radius 3 is 2.41 bits per heavy atom. The number of nitrogens with one attached hydrogen (secondary N) is 1. The number of likely N-dealkylation sites (tertiary alicyclic amines) is 1. The summed E-state index contributed by atoms with van der Waals surface area (Å²) >= 11 is 0. The third-order valence-corrected chi connectivity index (χ3v) is 7.10. The van der Waals surface area contributed by atoms with Crippen molar-refractivity contribution < 1.29 is 9.18 Å². The molecule has 32 heavy (non-hydrogen) atoms. The van der Waals surface area contributed by atoms with E-state index in [1.807, 2.05) is 12.1 Å². The van der Waals surface area contributed by atoms with E-state index in [1.165, 1.54) is 30.7 Å². The highest BCUT2D eigenvalue weighted by Crippen LogP contribution is 2.25. The SMILES string of the molecule is CC1CCN(c2ccc([C@H](C)NC(=O)[C@@H]3CCCN(Cc4ccc(F)cc4)C3)cc2)CC1. The van der Waals surface area contributed by atoms with Crippen LogP contribution in [0, 0.1) is 17.7 Å². The Balaban J connectivity index is 1.29. The molecule has 2 heterocycles. The number of benzene rings is 2. The number of piperidine rings is 2. The van der Waals surface area contributed by atoms with Gasteiger partial charge in [-0.2, -0.15) is 0 Å². The topological polar surface area (TPSA) is 35.6 Å². The summed E-state index contributed by atoms with van der Waals surface area (Å²) in [6, 6.07) is 15.3. The van der Waals surface area contributed by atoms with Crippen molar-refractivity contribution in [2.75, 3.05) is 31.1 Å². The van der Waals surface area contributed by atoms with E-state index in [0.29, 0.717) is 0 Å². The van der Waals surface area contributed by atoms with Gasteiger partial charge in [-0.25, -0.2) is 4.39 Å². The number of anilines is 1. The number of halogens is 1. The van der Waals surface area contributed by atoms with Crippen LogP contribution in [0.2, 0.25) is 0 Å². The molecule has 0 saturated carbocycles. The Bertz CT molecular complexity index is 875. The zero-order valence-electron chi connectivity index (χ0n) is 19.4. The number of hydrogen-bond acceptors (Lipinski definition) is 3. The minimum absolute atomic E-state index is 0.00117. The molecule has 2 aromatic carbocycles. The maximum absolute atomic E-state index is 13.2. The van der Waals surface area contributed by atoms with Crippen molar-refractivity contribution in [1.29, 1.82) is 0 Å². The Kier molecular flexibility index (Phi) is 7.46. The highest BCUT2D eigenvalue weighted by Gasteiger charge is 2.27. The summed E-state index contributed by atoms with van der Waals surface area (Å²) in [5.41, 5.74) is 3.51. The fraction of sp³-hybridized carbons (Fsp3) is 0.519. The molecule has 4 rings (SSSR count). The molecule has 0 unspecified atom stereocenters. The van der Waals surface area contributed by atoms with Crippen molar-refractivity contribution in [3.63, 3.8) is 0 Å². The molecule has 2 fully saturated rings. The van der Waals surface area contributed by atoms with E-state index < -0.39 is 0 Å². The van der Waals surface area contributed by atoms with Gasteiger partial charge in [-0.1, -0.05) is 31.2 Å². The summed E-state index contributed by atoms with van der Waals surface area (Å²) in [4.78, 5) is 17.7. The molecule has 0 radical (unpaired) electrons. The van der Waals surface area contributed by atoms with E-state index >= 15 is 0 Å². The van der Waals surface area contributed by atoms with Crippen molar-refractivity contribution in [3.8, 4) is 0 Å². The van der Waals surface area contributed by atoms with Crippen LogP contribution in [0.5, 0.6) is 0 Å². The first-order valence-corrected chi connectivity index (χ1v) is 12.1. The minimum atomic E-state index is -0.211. The van der Waals surface area contributed by atoms with E-state index in [4.69, 9.17) is 0 Å². The van der Waals surface area contributed by atoms with Gasteiger partial charge < -0.3 is 10.2 Å². The Labute approximate surface area is 191 Å². The lowest BCUT2D eigenvalue weighted by molar-refractivity contribution is -0.127. The van der Waals surface area contributed by atoms with Gasteiger partial charge in [0.2, 0.25) is 5.91 Å². The summed E-state index contributed by atoms with van der Waals surface area (Å²) in [6.07, 6.45) is 4.45. The van der Waals surface area contributed by atoms with Crippen LogP contribution >= 0.6 is 0 Å². The average Bonchev–Trinajstić information content (AvgIpc) is 2.81. The van der Waals surface area contributed by atoms with Crippen LogP contribution in [0.3, 0.4) is 0 Å². The standard InChI is InChI=1S/C27H36FN3O/c1-20-13-16-31(17-14-20)26-11-7-23(8-12-26)21(2)29-27(32)24-4-3-15-30(19-24)18-22-5-9-25(28)10-6-22/h5-12,20-21,24H,3-4,13-19H2,1-2H3,(H,29,32)/t21-,24+/m0/s1. The number of rotatable bonds is 6. The quantitative estimate of drug-likeness (QED) is 0.679. The number of hydrogen-bond donors (Lipinski definition) is 1. The Hall–Kier alpha value is -2.40. The van der Waals surface area contributed by atoms with Crippen LogP contribution in [0.1, 0.15) is 56.7 Å². The molecule has 4 nitrogen and oxygen atoms in total. The van der Waals surface area contributed by atoms with Crippen LogP contribution in [0.15, 0.2) is 48.5 Å². The molecular formula is C27H36FN3O. The predicted molar refractivity (Wildman–Crippen MR) is 128 cm³/mol. The lowest BCUT2D eigenvalue weighted by Crippen LogP contribution is -2.43. The Morgan fingerprint density at radius 1 is 1.03 bits per heavy atom. The molecule has 2 aliphatic rings. The number of amides is 1. The van der Waals surface area contributed by atoms with Gasteiger partial charge in [-0.05, 0) is 80.5 Å². The lowest BCUT2D eigenvalue weighted by Gasteiger charge is -2.33. The van der Waals surface area contributed by atoms with Gasteiger partial charge in [0.15, 0.2) is 0 Å². The molecule has 0 spiro atoms. The van der Waals surface area contributed by atoms with Gasteiger partial charge in [0, 0.05) is 31.9 Å². The van der Waals surface area contributed by atoms with Crippen molar-refractivity contribution in [3.05, 3.63) is 65.5 Å². The normalized spacial score (nSPS) is 21.3. The summed E-state index contributed by atoms with van der Waals surface area (Å²) in [5, 5.41) is 3.23. The van der Waals surface area contributed by atoms with Gasteiger partial charge in [-0.3, -0.25) is 9.69 Å². The van der Waals surface area contributed by atoms with Gasteiger partial charge in [0.05, 0.1) is 12.0 Å². The summed E-state index contributed by atoms with van der Waals surface area (Å²) in [6.45, 7) is 9.14. The van der Waals surface area contributed by atoms with Crippen molar-refractivity contribution in [1.82, 2.24) is 10.2 Å². The van der Waals surface area contributed by atoms with E-state index in [2.05, 4.69) is 53.2 Å². The molecule has 5 heteroatoms. The van der Waals surface area contributed by atoms with E-state index in [9.17, 15) is 9.18 Å². The lowest BCUT2D eigenvalue weighted by atomic mass is 9.95. The first kappa shape index (κ1) is 22.8. The summed E-state index contributed by atoms with van der Waals surface area (Å²) in [5.74, 6) is 0.751. The second-order valence-electron chi connectivity index (χ2n) is 9.69. The second-order valence-corrected chi connectivity index (χ2v) is 9.69. The van der Waals surface area contributed by atoms with Crippen LogP contribution in [0.25, 0.3) is 0 Å². The average molecular weight is 438 g/mol.